The van der Waals surface area contributed by atoms with Crippen LogP contribution in [0, 0.1) is 11.3 Å². The van der Waals surface area contributed by atoms with E-state index in [1.807, 2.05) is 53.7 Å². The summed E-state index contributed by atoms with van der Waals surface area (Å²) in [7, 11) is 0. The van der Waals surface area contributed by atoms with E-state index in [0.29, 0.717) is 5.56 Å². The smallest absolute Gasteiger partial charge is 0.870 e. The maximum Gasteiger partial charge on any atom is 1.00 e. The van der Waals surface area contributed by atoms with E-state index in [4.69, 9.17) is 19.8 Å². The molecule has 0 atom stereocenters. The Morgan fingerprint density at radius 2 is 1.10 bits per heavy atom. The van der Waals surface area contributed by atoms with Gasteiger partial charge in [-0.25, -0.2) is 14.4 Å². The van der Waals surface area contributed by atoms with Crippen molar-refractivity contribution in [2.24, 2.45) is 0 Å². The van der Waals surface area contributed by atoms with Gasteiger partial charge in [-0.15, -0.1) is 0 Å². The number of rotatable bonds is 5. The van der Waals surface area contributed by atoms with Crippen LogP contribution in [-0.2, 0) is 20.6 Å². The first kappa shape index (κ1) is 36.6. The normalized spacial score (nSPS) is 15.5. The second-order valence-corrected chi connectivity index (χ2v) is 12.0. The maximum atomic E-state index is 11.8. The predicted molar refractivity (Wildman–Crippen MR) is 147 cm³/mol. The molecular formula is C30H38KN3O7. The third-order valence-electron chi connectivity index (χ3n) is 6.23. The predicted octanol–water partition coefficient (Wildman–Crippen LogP) is 2.80. The molecule has 2 aromatic carbocycles. The zero-order valence-electron chi connectivity index (χ0n) is 24.8. The van der Waals surface area contributed by atoms with Crippen molar-refractivity contribution in [3.05, 3.63) is 70.8 Å². The summed E-state index contributed by atoms with van der Waals surface area (Å²) in [6.45, 7) is 11.0. The van der Waals surface area contributed by atoms with Crippen LogP contribution >= 0.6 is 0 Å². The SMILES string of the molecule is CC(C)(C)OC(=O)NC1(c2ccc(C#N)cc2)CC1.CC(C)(C)OC(=O)NC1(c2ccc(C(=O)O)cc2)CC1.[K+].[OH-]. The fourth-order valence-corrected chi connectivity index (χ4v) is 4.02. The summed E-state index contributed by atoms with van der Waals surface area (Å²) in [4.78, 5) is 34.5. The third-order valence-corrected chi connectivity index (χ3v) is 6.23. The van der Waals surface area contributed by atoms with Crippen molar-refractivity contribution in [1.29, 1.82) is 5.26 Å². The first-order valence-electron chi connectivity index (χ1n) is 12.9. The van der Waals surface area contributed by atoms with Crippen LogP contribution < -0.4 is 62.0 Å². The molecule has 2 aliphatic carbocycles. The van der Waals surface area contributed by atoms with Crippen molar-refractivity contribution in [1.82, 2.24) is 10.6 Å². The number of carboxylic acid groups (broad SMARTS) is 1. The van der Waals surface area contributed by atoms with E-state index in [9.17, 15) is 14.4 Å². The first-order chi connectivity index (χ1) is 18.1. The molecule has 2 aromatic rings. The molecule has 0 saturated heterocycles. The van der Waals surface area contributed by atoms with Crippen LogP contribution in [0.3, 0.4) is 0 Å². The fraction of sp³-hybridized carbons (Fsp3) is 0.467. The molecule has 0 bridgehead atoms. The number of hydrogen-bond acceptors (Lipinski definition) is 7. The van der Waals surface area contributed by atoms with Crippen molar-refractivity contribution >= 4 is 18.2 Å². The number of ether oxygens (including phenoxy) is 2. The van der Waals surface area contributed by atoms with Crippen LogP contribution in [0.1, 0.15) is 94.3 Å². The zero-order chi connectivity index (χ0) is 29.1. The number of carbonyl (C=O) groups excluding carboxylic acids is 2. The Bertz CT molecular complexity index is 1250. The summed E-state index contributed by atoms with van der Waals surface area (Å²) in [5.41, 5.74) is 1.05. The van der Waals surface area contributed by atoms with Crippen LogP contribution in [0.2, 0.25) is 0 Å². The van der Waals surface area contributed by atoms with Crippen LogP contribution in [0.5, 0.6) is 0 Å². The Morgan fingerprint density at radius 3 is 1.37 bits per heavy atom. The number of hydrogen-bond donors (Lipinski definition) is 3. The Hall–Kier alpha value is -2.46. The first-order valence-corrected chi connectivity index (χ1v) is 12.9. The Labute approximate surface area is 283 Å². The van der Waals surface area contributed by atoms with E-state index in [2.05, 4.69) is 16.7 Å². The van der Waals surface area contributed by atoms with Crippen molar-refractivity contribution in [2.75, 3.05) is 0 Å². The Morgan fingerprint density at radius 1 is 0.756 bits per heavy atom. The van der Waals surface area contributed by atoms with E-state index in [-0.39, 0.29) is 68.0 Å². The topological polar surface area (TPSA) is 168 Å². The zero-order valence-corrected chi connectivity index (χ0v) is 28.0. The second-order valence-electron chi connectivity index (χ2n) is 12.0. The van der Waals surface area contributed by atoms with Crippen LogP contribution in [0.4, 0.5) is 9.59 Å². The molecule has 0 heterocycles. The molecule has 0 radical (unpaired) electrons. The minimum absolute atomic E-state index is 0. The van der Waals surface area contributed by atoms with E-state index >= 15 is 0 Å². The minimum atomic E-state index is -0.957. The number of alkyl carbamates (subject to hydrolysis) is 2. The van der Waals surface area contributed by atoms with Gasteiger partial charge >= 0.3 is 69.5 Å². The number of amides is 2. The number of carbonyl (C=O) groups is 3. The molecule has 2 fully saturated rings. The number of carboxylic acids is 1. The van der Waals surface area contributed by atoms with Gasteiger partial charge in [0.2, 0.25) is 0 Å². The van der Waals surface area contributed by atoms with E-state index in [1.54, 1.807) is 36.4 Å². The Kier molecular flexibility index (Phi) is 12.6. The average Bonchev–Trinajstić information content (AvgIpc) is 3.75. The number of nitrogens with zero attached hydrogens (tertiary/aromatic N) is 1. The molecule has 4 rings (SSSR count). The van der Waals surface area contributed by atoms with E-state index < -0.39 is 34.9 Å². The second kappa shape index (κ2) is 14.1. The van der Waals surface area contributed by atoms with Crippen molar-refractivity contribution < 1.29 is 85.8 Å². The molecule has 2 amide bonds. The van der Waals surface area contributed by atoms with E-state index in [0.717, 1.165) is 36.8 Å². The average molecular weight is 592 g/mol. The van der Waals surface area contributed by atoms with Gasteiger partial charge in [0.1, 0.15) is 11.2 Å². The Balaban J connectivity index is 0.000000391. The molecule has 11 heteroatoms. The molecule has 41 heavy (non-hydrogen) atoms. The summed E-state index contributed by atoms with van der Waals surface area (Å²) in [5.74, 6) is -0.957. The molecule has 0 aliphatic heterocycles. The summed E-state index contributed by atoms with van der Waals surface area (Å²) < 4.78 is 10.5. The van der Waals surface area contributed by atoms with Crippen LogP contribution in [0.15, 0.2) is 48.5 Å². The summed E-state index contributed by atoms with van der Waals surface area (Å²) in [6.07, 6.45) is 2.62. The van der Waals surface area contributed by atoms with Gasteiger partial charge in [-0.05, 0) is 103 Å². The van der Waals surface area contributed by atoms with Gasteiger partial charge in [-0.2, -0.15) is 5.26 Å². The number of nitriles is 1. The van der Waals surface area contributed by atoms with Crippen molar-refractivity contribution in [2.45, 2.75) is 89.5 Å². The van der Waals surface area contributed by atoms with Gasteiger partial charge in [0.15, 0.2) is 0 Å². The fourth-order valence-electron chi connectivity index (χ4n) is 4.02. The van der Waals surface area contributed by atoms with E-state index in [1.165, 1.54) is 0 Å². The largest absolute Gasteiger partial charge is 1.00 e. The van der Waals surface area contributed by atoms with Gasteiger partial charge < -0.3 is 30.7 Å². The molecule has 2 saturated carbocycles. The van der Waals surface area contributed by atoms with Crippen molar-refractivity contribution in [3.63, 3.8) is 0 Å². The number of nitrogens with one attached hydrogen (secondary N) is 2. The molecule has 2 aliphatic rings. The standard InChI is InChI=1S/C15H18N2O2.C15H19NO4.K.H2O/c1-14(2,3)19-13(18)17-15(8-9-15)12-6-4-11(10-16)5-7-12;1-14(2,3)20-13(19)16-15(8-9-15)11-6-4-10(5-7-11)12(17)18;;/h4-7H,8-9H2,1-3H3,(H,17,18);4-7H,8-9H2,1-3H3,(H,16,19)(H,17,18);;1H2/q;;+1;/p-1. The summed E-state index contributed by atoms with van der Waals surface area (Å²) in [6, 6.07) is 16.0. The molecule has 10 nitrogen and oxygen atoms in total. The monoisotopic (exact) mass is 591 g/mol. The molecule has 0 unspecified atom stereocenters. The molecule has 0 spiro atoms. The molecule has 0 aromatic heterocycles. The quantitative estimate of drug-likeness (QED) is 0.446. The molecular weight excluding hydrogens is 553 g/mol. The van der Waals surface area contributed by atoms with Crippen molar-refractivity contribution in [3.8, 4) is 6.07 Å². The third kappa shape index (κ3) is 11.0. The molecule has 4 N–H and O–H groups in total. The van der Waals surface area contributed by atoms with Gasteiger partial charge in [-0.1, -0.05) is 24.3 Å². The number of benzene rings is 2. The summed E-state index contributed by atoms with van der Waals surface area (Å²) in [5, 5.41) is 23.5. The van der Waals surface area contributed by atoms with Gasteiger partial charge in [0, 0.05) is 0 Å². The summed E-state index contributed by atoms with van der Waals surface area (Å²) >= 11 is 0. The number of aromatic carboxylic acids is 1. The minimum Gasteiger partial charge on any atom is -0.870 e. The van der Waals surface area contributed by atoms with Gasteiger partial charge in [-0.3, -0.25) is 0 Å². The van der Waals surface area contributed by atoms with Crippen LogP contribution in [0.25, 0.3) is 0 Å². The molecule has 216 valence electrons. The maximum absolute atomic E-state index is 11.8. The van der Waals surface area contributed by atoms with Gasteiger partial charge in [0.25, 0.3) is 0 Å². The van der Waals surface area contributed by atoms with Gasteiger partial charge in [0.05, 0.1) is 28.3 Å². The van der Waals surface area contributed by atoms with Crippen LogP contribution in [-0.4, -0.2) is 39.9 Å².